The highest BCUT2D eigenvalue weighted by molar-refractivity contribution is 9.10. The normalized spacial score (nSPS) is 15.7. The van der Waals surface area contributed by atoms with Gasteiger partial charge in [-0.25, -0.2) is 4.79 Å². The van der Waals surface area contributed by atoms with Crippen LogP contribution in [0, 0.1) is 0 Å². The average Bonchev–Trinajstić information content (AvgIpc) is 3.29. The van der Waals surface area contributed by atoms with E-state index in [9.17, 15) is 19.5 Å². The molecule has 0 bridgehead atoms. The number of rotatable bonds is 10. The van der Waals surface area contributed by atoms with E-state index in [4.69, 9.17) is 4.42 Å². The zero-order valence-corrected chi connectivity index (χ0v) is 28.0. The van der Waals surface area contributed by atoms with Gasteiger partial charge in [0.15, 0.2) is 5.76 Å². The van der Waals surface area contributed by atoms with Crippen LogP contribution < -0.4 is 26.2 Å². The van der Waals surface area contributed by atoms with Crippen LogP contribution in [0.4, 0.5) is 16.2 Å². The SMILES string of the molecule is CNC(=O)Nc1ccccc1-c1oc2ccc(CN3C(=O)[C@H](NC(=O)CC(C)(C)NC[C@@H](C)O)CCc4ccccc43)cc2c1Br. The van der Waals surface area contributed by atoms with Gasteiger partial charge in [-0.2, -0.15) is 0 Å². The number of β-amino-alcohol motifs (C(OH)–C–C–N with tert-alkyl or cyclic N) is 1. The number of para-hydroxylation sites is 2. The molecule has 2 heterocycles. The lowest BCUT2D eigenvalue weighted by Crippen LogP contribution is -2.51. The van der Waals surface area contributed by atoms with E-state index in [0.717, 1.165) is 32.2 Å². The summed E-state index contributed by atoms with van der Waals surface area (Å²) in [6, 6.07) is 20.0. The van der Waals surface area contributed by atoms with Gasteiger partial charge >= 0.3 is 6.03 Å². The Labute approximate surface area is 277 Å². The van der Waals surface area contributed by atoms with Gasteiger partial charge in [0.2, 0.25) is 11.8 Å². The zero-order valence-electron chi connectivity index (χ0n) is 26.4. The molecule has 0 unspecified atom stereocenters. The number of amides is 4. The summed E-state index contributed by atoms with van der Waals surface area (Å²) in [7, 11) is 1.56. The summed E-state index contributed by atoms with van der Waals surface area (Å²) in [4.78, 5) is 41.0. The molecule has 10 nitrogen and oxygen atoms in total. The third kappa shape index (κ3) is 7.60. The number of aliphatic hydroxyl groups excluding tert-OH is 1. The van der Waals surface area contributed by atoms with Crippen LogP contribution in [0.3, 0.4) is 0 Å². The fraction of sp³-hybridized carbons (Fsp3) is 0.343. The number of aliphatic hydroxyl groups is 1. The number of nitrogens with one attached hydrogen (secondary N) is 4. The van der Waals surface area contributed by atoms with Gasteiger partial charge in [0, 0.05) is 42.2 Å². The summed E-state index contributed by atoms with van der Waals surface area (Å²) in [5.41, 5.74) is 4.17. The Bertz CT molecular complexity index is 1750. The molecule has 0 aliphatic carbocycles. The van der Waals surface area contributed by atoms with Crippen molar-refractivity contribution in [2.75, 3.05) is 23.8 Å². The molecule has 1 aromatic heterocycles. The average molecular weight is 691 g/mol. The van der Waals surface area contributed by atoms with E-state index in [2.05, 4.69) is 37.2 Å². The number of hydrogen-bond donors (Lipinski definition) is 5. The first-order chi connectivity index (χ1) is 22.0. The molecule has 46 heavy (non-hydrogen) atoms. The summed E-state index contributed by atoms with van der Waals surface area (Å²) in [5.74, 6) is 0.174. The molecule has 2 atom stereocenters. The molecule has 1 aliphatic heterocycles. The topological polar surface area (TPSA) is 136 Å². The Hall–Kier alpha value is -4.19. The molecule has 4 amide bonds. The third-order valence-electron chi connectivity index (χ3n) is 8.04. The Morgan fingerprint density at radius 3 is 2.61 bits per heavy atom. The minimum atomic E-state index is -0.687. The lowest BCUT2D eigenvalue weighted by molar-refractivity contribution is -0.128. The van der Waals surface area contributed by atoms with Gasteiger partial charge in [-0.1, -0.05) is 36.4 Å². The van der Waals surface area contributed by atoms with E-state index in [0.29, 0.717) is 43.0 Å². The largest absolute Gasteiger partial charge is 0.455 e. The number of fused-ring (bicyclic) bond motifs is 2. The molecule has 0 saturated heterocycles. The first kappa shape index (κ1) is 33.2. The van der Waals surface area contributed by atoms with Crippen molar-refractivity contribution in [2.24, 2.45) is 0 Å². The lowest BCUT2D eigenvalue weighted by atomic mass is 9.99. The Morgan fingerprint density at radius 1 is 1.11 bits per heavy atom. The molecule has 0 radical (unpaired) electrons. The maximum absolute atomic E-state index is 14.1. The molecular formula is C35H40BrN5O5. The number of aryl methyl sites for hydroxylation is 1. The van der Waals surface area contributed by atoms with Crippen LogP contribution in [0.2, 0.25) is 0 Å². The first-order valence-corrected chi connectivity index (χ1v) is 16.2. The van der Waals surface area contributed by atoms with Crippen molar-refractivity contribution >= 4 is 56.1 Å². The highest BCUT2D eigenvalue weighted by Gasteiger charge is 2.33. The quantitative estimate of drug-likeness (QED) is 0.145. The number of nitrogens with zero attached hydrogens (tertiary/aromatic N) is 1. The van der Waals surface area contributed by atoms with Gasteiger partial charge in [-0.15, -0.1) is 0 Å². The fourth-order valence-corrected chi connectivity index (χ4v) is 6.29. The molecule has 5 rings (SSSR count). The van der Waals surface area contributed by atoms with Gasteiger partial charge in [0.25, 0.3) is 0 Å². The van der Waals surface area contributed by atoms with Crippen molar-refractivity contribution in [3.8, 4) is 11.3 Å². The number of furan rings is 1. The summed E-state index contributed by atoms with van der Waals surface area (Å²) >= 11 is 3.73. The molecule has 4 aromatic rings. The van der Waals surface area contributed by atoms with Gasteiger partial charge in [0.05, 0.1) is 22.8 Å². The number of halogens is 1. The number of anilines is 2. The minimum absolute atomic E-state index is 0.158. The van der Waals surface area contributed by atoms with Crippen LogP contribution in [0.25, 0.3) is 22.3 Å². The van der Waals surface area contributed by atoms with E-state index in [1.807, 2.05) is 74.5 Å². The molecule has 5 N–H and O–H groups in total. The monoisotopic (exact) mass is 689 g/mol. The zero-order chi connectivity index (χ0) is 33.0. The number of carbonyl (C=O) groups is 3. The van der Waals surface area contributed by atoms with Crippen LogP contribution in [0.15, 0.2) is 75.6 Å². The summed E-state index contributed by atoms with van der Waals surface area (Å²) in [6.07, 6.45) is 0.754. The molecule has 1 aliphatic rings. The molecule has 11 heteroatoms. The summed E-state index contributed by atoms with van der Waals surface area (Å²) in [6.45, 7) is 6.15. The highest BCUT2D eigenvalue weighted by atomic mass is 79.9. The number of hydrogen-bond acceptors (Lipinski definition) is 6. The van der Waals surface area contributed by atoms with Crippen molar-refractivity contribution < 1.29 is 23.9 Å². The predicted molar refractivity (Wildman–Crippen MR) is 184 cm³/mol. The third-order valence-corrected chi connectivity index (χ3v) is 8.83. The highest BCUT2D eigenvalue weighted by Crippen LogP contribution is 2.41. The second-order valence-electron chi connectivity index (χ2n) is 12.3. The summed E-state index contributed by atoms with van der Waals surface area (Å²) < 4.78 is 6.98. The van der Waals surface area contributed by atoms with Crippen LogP contribution in [0.5, 0.6) is 0 Å². The van der Waals surface area contributed by atoms with Crippen molar-refractivity contribution in [1.29, 1.82) is 0 Å². The fourth-order valence-electron chi connectivity index (χ4n) is 5.69. The second kappa shape index (κ2) is 14.1. The van der Waals surface area contributed by atoms with Crippen LogP contribution in [-0.2, 0) is 22.6 Å². The molecule has 0 fully saturated rings. The van der Waals surface area contributed by atoms with Crippen LogP contribution in [0.1, 0.15) is 44.7 Å². The van der Waals surface area contributed by atoms with Gasteiger partial charge in [-0.3, -0.25) is 9.59 Å². The van der Waals surface area contributed by atoms with Crippen LogP contribution >= 0.6 is 15.9 Å². The smallest absolute Gasteiger partial charge is 0.318 e. The van der Waals surface area contributed by atoms with Crippen LogP contribution in [-0.4, -0.2) is 54.2 Å². The van der Waals surface area contributed by atoms with Gasteiger partial charge in [0.1, 0.15) is 11.6 Å². The standard InChI is InChI=1S/C35H40BrN5O5/c1-21(42)19-38-35(2,3)18-30(43)39-27-15-14-23-9-5-8-12-28(23)41(33(27)44)20-22-13-16-29-25(17-22)31(36)32(46-29)24-10-6-7-11-26(24)40-34(45)37-4/h5-13,16-17,21,27,38,42H,14-15,18-20H2,1-4H3,(H,39,43)(H2,37,40,45)/t21-,27-/m1/s1. The van der Waals surface area contributed by atoms with E-state index in [1.54, 1.807) is 24.9 Å². The number of carbonyl (C=O) groups excluding carboxylic acids is 3. The molecule has 0 saturated carbocycles. The number of benzene rings is 3. The van der Waals surface area contributed by atoms with E-state index < -0.39 is 17.7 Å². The van der Waals surface area contributed by atoms with Gasteiger partial charge < -0.3 is 35.7 Å². The number of urea groups is 1. The minimum Gasteiger partial charge on any atom is -0.455 e. The maximum Gasteiger partial charge on any atom is 0.318 e. The Morgan fingerprint density at radius 2 is 1.85 bits per heavy atom. The second-order valence-corrected chi connectivity index (χ2v) is 13.1. The van der Waals surface area contributed by atoms with Crippen molar-refractivity contribution in [2.45, 2.75) is 64.3 Å². The van der Waals surface area contributed by atoms with Gasteiger partial charge in [-0.05, 0) is 91.0 Å². The van der Waals surface area contributed by atoms with Crippen molar-refractivity contribution in [3.05, 3.63) is 82.3 Å². The van der Waals surface area contributed by atoms with E-state index in [1.165, 1.54) is 0 Å². The Kier molecular flexibility index (Phi) is 10.1. The van der Waals surface area contributed by atoms with E-state index >= 15 is 0 Å². The molecule has 3 aromatic carbocycles. The predicted octanol–water partition coefficient (Wildman–Crippen LogP) is 5.72. The first-order valence-electron chi connectivity index (χ1n) is 15.4. The molecule has 0 spiro atoms. The maximum atomic E-state index is 14.1. The van der Waals surface area contributed by atoms with E-state index in [-0.39, 0.29) is 24.3 Å². The molecule has 242 valence electrons. The molecular weight excluding hydrogens is 650 g/mol. The Balaban J connectivity index is 1.41. The summed E-state index contributed by atoms with van der Waals surface area (Å²) in [5, 5.41) is 22.1. The lowest BCUT2D eigenvalue weighted by Gasteiger charge is -2.29. The van der Waals surface area contributed by atoms with Crippen molar-refractivity contribution in [3.63, 3.8) is 0 Å². The van der Waals surface area contributed by atoms with Crippen molar-refractivity contribution in [1.82, 2.24) is 16.0 Å².